The van der Waals surface area contributed by atoms with Crippen LogP contribution in [0.4, 0.5) is 0 Å². The van der Waals surface area contributed by atoms with Crippen LogP contribution in [-0.2, 0) is 0 Å². The summed E-state index contributed by atoms with van der Waals surface area (Å²) in [6.07, 6.45) is 1.42. The van der Waals surface area contributed by atoms with Crippen LogP contribution < -0.4 is 5.73 Å². The smallest absolute Gasteiger partial charge is 0.0714 e. The highest BCUT2D eigenvalue weighted by Crippen LogP contribution is 2.09. The molecule has 0 saturated heterocycles. The van der Waals surface area contributed by atoms with E-state index in [4.69, 9.17) is 5.73 Å². The molecule has 3 N–H and O–H groups in total. The fourth-order valence-corrected chi connectivity index (χ4v) is 0.645. The summed E-state index contributed by atoms with van der Waals surface area (Å²) >= 11 is 0. The Labute approximate surface area is 57.1 Å². The second-order valence-electron chi connectivity index (χ2n) is 3.13. The summed E-state index contributed by atoms with van der Waals surface area (Å²) in [4.78, 5) is 0. The Balaban J connectivity index is 3.59. The Kier molecular flexibility index (Phi) is 3.15. The second-order valence-corrected chi connectivity index (χ2v) is 3.13. The van der Waals surface area contributed by atoms with E-state index in [0.29, 0.717) is 0 Å². The molecule has 0 aromatic rings. The maximum atomic E-state index is 9.26. The largest absolute Gasteiger partial charge is 0.391 e. The predicted octanol–water partition coefficient (Wildman–Crippen LogP) is 0.885. The zero-order valence-electron chi connectivity index (χ0n) is 6.52. The Morgan fingerprint density at radius 3 is 2.11 bits per heavy atom. The summed E-state index contributed by atoms with van der Waals surface area (Å²) in [5, 5.41) is 9.26. The lowest BCUT2D eigenvalue weighted by Gasteiger charge is -2.25. The zero-order valence-corrected chi connectivity index (χ0v) is 6.52. The molecule has 0 aromatic carbocycles. The van der Waals surface area contributed by atoms with E-state index in [2.05, 4.69) is 0 Å². The number of hydrogen-bond donors (Lipinski definition) is 2. The Hall–Kier alpha value is -0.0800. The average molecular weight is 131 g/mol. The zero-order chi connectivity index (χ0) is 7.49. The van der Waals surface area contributed by atoms with Crippen LogP contribution in [0.3, 0.4) is 0 Å². The molecule has 0 bridgehead atoms. The first-order valence-electron chi connectivity index (χ1n) is 3.45. The molecule has 1 atom stereocenters. The number of rotatable bonds is 3. The summed E-state index contributed by atoms with van der Waals surface area (Å²) in [5.74, 6) is 0. The van der Waals surface area contributed by atoms with E-state index < -0.39 is 5.54 Å². The van der Waals surface area contributed by atoms with E-state index in [1.54, 1.807) is 0 Å². The molecule has 0 aromatic heterocycles. The van der Waals surface area contributed by atoms with E-state index in [-0.39, 0.29) is 6.10 Å². The number of hydrogen-bond acceptors (Lipinski definition) is 2. The minimum Gasteiger partial charge on any atom is -0.391 e. The summed E-state index contributed by atoms with van der Waals surface area (Å²) in [6.45, 7) is 5.72. The Morgan fingerprint density at radius 1 is 1.56 bits per heavy atom. The van der Waals surface area contributed by atoms with Gasteiger partial charge in [-0.05, 0) is 20.3 Å². The van der Waals surface area contributed by atoms with Crippen molar-refractivity contribution in [2.24, 2.45) is 5.73 Å². The maximum Gasteiger partial charge on any atom is 0.0714 e. The standard InChI is InChI=1S/C7H17NO/c1-4-5-6(9)7(2,3)8/h6,9H,4-5,8H2,1-3H3/t6-/m1/s1. The topological polar surface area (TPSA) is 46.2 Å². The lowest BCUT2D eigenvalue weighted by Crippen LogP contribution is -2.44. The summed E-state index contributed by atoms with van der Waals surface area (Å²) in [6, 6.07) is 0. The molecule has 0 spiro atoms. The van der Waals surface area contributed by atoms with E-state index in [0.717, 1.165) is 12.8 Å². The van der Waals surface area contributed by atoms with Crippen molar-refractivity contribution < 1.29 is 5.11 Å². The summed E-state index contributed by atoms with van der Waals surface area (Å²) in [5.41, 5.74) is 5.18. The molecule has 0 aliphatic heterocycles. The molecule has 0 aliphatic carbocycles. The van der Waals surface area contributed by atoms with Gasteiger partial charge in [-0.25, -0.2) is 0 Å². The van der Waals surface area contributed by atoms with Crippen LogP contribution in [0.5, 0.6) is 0 Å². The monoisotopic (exact) mass is 131 g/mol. The minimum absolute atomic E-state index is 0.359. The molecule has 0 heterocycles. The predicted molar refractivity (Wildman–Crippen MR) is 39.2 cm³/mol. The molecule has 0 aliphatic rings. The first-order chi connectivity index (χ1) is 3.98. The second kappa shape index (κ2) is 3.18. The van der Waals surface area contributed by atoms with Gasteiger partial charge in [0.05, 0.1) is 6.10 Å². The maximum absolute atomic E-state index is 9.26. The van der Waals surface area contributed by atoms with Crippen molar-refractivity contribution >= 4 is 0 Å². The highest BCUT2D eigenvalue weighted by atomic mass is 16.3. The highest BCUT2D eigenvalue weighted by Gasteiger charge is 2.20. The lowest BCUT2D eigenvalue weighted by atomic mass is 9.95. The molecule has 0 fully saturated rings. The van der Waals surface area contributed by atoms with Crippen LogP contribution in [0.15, 0.2) is 0 Å². The number of aliphatic hydroxyl groups excluding tert-OH is 1. The third kappa shape index (κ3) is 3.49. The molecule has 2 nitrogen and oxygen atoms in total. The van der Waals surface area contributed by atoms with Crippen LogP contribution in [-0.4, -0.2) is 16.7 Å². The Morgan fingerprint density at radius 2 is 2.00 bits per heavy atom. The van der Waals surface area contributed by atoms with Gasteiger partial charge in [-0.1, -0.05) is 13.3 Å². The van der Waals surface area contributed by atoms with Gasteiger partial charge in [0.2, 0.25) is 0 Å². The van der Waals surface area contributed by atoms with Crippen molar-refractivity contribution in [1.82, 2.24) is 0 Å². The Bertz CT molecular complexity index is 75.5. The van der Waals surface area contributed by atoms with Gasteiger partial charge in [-0.3, -0.25) is 0 Å². The molecule has 0 amide bonds. The van der Waals surface area contributed by atoms with Crippen LogP contribution in [0.2, 0.25) is 0 Å². The summed E-state index contributed by atoms with van der Waals surface area (Å²) < 4.78 is 0. The molecule has 0 saturated carbocycles. The highest BCUT2D eigenvalue weighted by molar-refractivity contribution is 4.80. The molecular formula is C7H17NO. The van der Waals surface area contributed by atoms with Gasteiger partial charge in [0.15, 0.2) is 0 Å². The lowest BCUT2D eigenvalue weighted by molar-refractivity contribution is 0.0946. The molecule has 0 radical (unpaired) electrons. The number of aliphatic hydroxyl groups is 1. The van der Waals surface area contributed by atoms with Crippen LogP contribution in [0, 0.1) is 0 Å². The first kappa shape index (κ1) is 8.92. The van der Waals surface area contributed by atoms with Crippen molar-refractivity contribution in [3.05, 3.63) is 0 Å². The van der Waals surface area contributed by atoms with Crippen molar-refractivity contribution in [2.45, 2.75) is 45.3 Å². The normalized spacial score (nSPS) is 15.7. The van der Waals surface area contributed by atoms with Crippen molar-refractivity contribution in [3.63, 3.8) is 0 Å². The minimum atomic E-state index is -0.435. The van der Waals surface area contributed by atoms with Crippen LogP contribution in [0.25, 0.3) is 0 Å². The fraction of sp³-hybridized carbons (Fsp3) is 1.00. The van der Waals surface area contributed by atoms with Gasteiger partial charge >= 0.3 is 0 Å². The molecule has 9 heavy (non-hydrogen) atoms. The number of nitrogens with two attached hydrogens (primary N) is 1. The quantitative estimate of drug-likeness (QED) is 0.597. The third-order valence-corrected chi connectivity index (χ3v) is 1.42. The van der Waals surface area contributed by atoms with Gasteiger partial charge in [0.25, 0.3) is 0 Å². The van der Waals surface area contributed by atoms with E-state index >= 15 is 0 Å². The molecule has 56 valence electrons. The fourth-order valence-electron chi connectivity index (χ4n) is 0.645. The van der Waals surface area contributed by atoms with E-state index in [1.807, 2.05) is 20.8 Å². The van der Waals surface area contributed by atoms with E-state index in [1.165, 1.54) is 0 Å². The van der Waals surface area contributed by atoms with Crippen molar-refractivity contribution in [1.29, 1.82) is 0 Å². The van der Waals surface area contributed by atoms with Crippen LogP contribution >= 0.6 is 0 Å². The van der Waals surface area contributed by atoms with Crippen molar-refractivity contribution in [2.75, 3.05) is 0 Å². The SMILES string of the molecule is CCC[C@@H](O)C(C)(C)N. The molecule has 0 unspecified atom stereocenters. The molecule has 2 heteroatoms. The molecular weight excluding hydrogens is 114 g/mol. The van der Waals surface area contributed by atoms with Gasteiger partial charge in [-0.2, -0.15) is 0 Å². The van der Waals surface area contributed by atoms with Gasteiger partial charge in [0, 0.05) is 5.54 Å². The van der Waals surface area contributed by atoms with Gasteiger partial charge in [0.1, 0.15) is 0 Å². The summed E-state index contributed by atoms with van der Waals surface area (Å²) in [7, 11) is 0. The van der Waals surface area contributed by atoms with Crippen LogP contribution in [0.1, 0.15) is 33.6 Å². The average Bonchev–Trinajstić information content (AvgIpc) is 1.64. The van der Waals surface area contributed by atoms with Crippen molar-refractivity contribution in [3.8, 4) is 0 Å². The molecule has 0 rings (SSSR count). The van der Waals surface area contributed by atoms with Gasteiger partial charge in [-0.15, -0.1) is 0 Å². The van der Waals surface area contributed by atoms with Gasteiger partial charge < -0.3 is 10.8 Å². The third-order valence-electron chi connectivity index (χ3n) is 1.42. The van der Waals surface area contributed by atoms with E-state index in [9.17, 15) is 5.11 Å². The first-order valence-corrected chi connectivity index (χ1v) is 3.45.